The topological polar surface area (TPSA) is 34.4 Å². The highest BCUT2D eigenvalue weighted by Gasteiger charge is 2.12. The summed E-state index contributed by atoms with van der Waals surface area (Å²) in [5.41, 5.74) is 1.11. The summed E-state index contributed by atoms with van der Waals surface area (Å²) >= 11 is 5.84. The van der Waals surface area contributed by atoms with Gasteiger partial charge in [0.05, 0.1) is 12.8 Å². The largest absolute Gasteiger partial charge is 0.489 e. The van der Waals surface area contributed by atoms with Gasteiger partial charge in [-0.25, -0.2) is 0 Å². The fourth-order valence-electron chi connectivity index (χ4n) is 1.69. The normalized spacial score (nSPS) is 11.6. The molecule has 2 rings (SSSR count). The van der Waals surface area contributed by atoms with Gasteiger partial charge >= 0.3 is 0 Å². The number of hydrogen-bond acceptors (Lipinski definition) is 3. The van der Waals surface area contributed by atoms with E-state index in [1.165, 1.54) is 0 Å². The molecule has 0 aliphatic heterocycles. The molecular formula is C16H20ClNO2. The van der Waals surface area contributed by atoms with Crippen molar-refractivity contribution < 1.29 is 9.15 Å². The first-order valence-electron chi connectivity index (χ1n) is 6.63. The van der Waals surface area contributed by atoms with Gasteiger partial charge in [-0.3, -0.25) is 0 Å². The zero-order valence-electron chi connectivity index (χ0n) is 12.1. The summed E-state index contributed by atoms with van der Waals surface area (Å²) in [4.78, 5) is 0. The van der Waals surface area contributed by atoms with Crippen molar-refractivity contribution in [1.82, 2.24) is 5.32 Å². The van der Waals surface area contributed by atoms with E-state index in [2.05, 4.69) is 26.1 Å². The molecule has 1 aromatic heterocycles. The summed E-state index contributed by atoms with van der Waals surface area (Å²) < 4.78 is 11.2. The van der Waals surface area contributed by atoms with E-state index < -0.39 is 0 Å². The zero-order valence-corrected chi connectivity index (χ0v) is 12.8. The molecule has 108 valence electrons. The van der Waals surface area contributed by atoms with Gasteiger partial charge < -0.3 is 14.5 Å². The van der Waals surface area contributed by atoms with Crippen molar-refractivity contribution in [3.63, 3.8) is 0 Å². The second-order valence-corrected chi connectivity index (χ2v) is 6.15. The first-order valence-corrected chi connectivity index (χ1v) is 7.00. The van der Waals surface area contributed by atoms with Crippen molar-refractivity contribution in [1.29, 1.82) is 0 Å². The number of rotatable bonds is 5. The summed E-state index contributed by atoms with van der Waals surface area (Å²) in [6.45, 7) is 7.55. The smallest absolute Gasteiger partial charge is 0.124 e. The predicted octanol–water partition coefficient (Wildman–Crippen LogP) is 4.40. The molecule has 0 radical (unpaired) electrons. The zero-order chi connectivity index (χ0) is 14.6. The second kappa shape index (κ2) is 6.33. The van der Waals surface area contributed by atoms with E-state index in [0.717, 1.165) is 17.1 Å². The molecule has 0 amide bonds. The van der Waals surface area contributed by atoms with Crippen LogP contribution in [0.1, 0.15) is 32.1 Å². The maximum absolute atomic E-state index is 5.84. The molecule has 0 aliphatic carbocycles. The SMILES string of the molecule is CC(C)(C)NCc1occc1COc1ccc(Cl)cc1. The third kappa shape index (κ3) is 4.58. The Morgan fingerprint density at radius 2 is 1.85 bits per heavy atom. The summed E-state index contributed by atoms with van der Waals surface area (Å²) in [6.07, 6.45) is 1.69. The van der Waals surface area contributed by atoms with Crippen molar-refractivity contribution >= 4 is 11.6 Å². The van der Waals surface area contributed by atoms with Crippen LogP contribution in [0.5, 0.6) is 5.75 Å². The maximum Gasteiger partial charge on any atom is 0.124 e. The lowest BCUT2D eigenvalue weighted by Gasteiger charge is -2.20. The Morgan fingerprint density at radius 1 is 1.15 bits per heavy atom. The summed E-state index contributed by atoms with van der Waals surface area (Å²) in [5, 5.41) is 4.11. The lowest BCUT2D eigenvalue weighted by molar-refractivity contribution is 0.299. The van der Waals surface area contributed by atoms with Gasteiger partial charge in [-0.1, -0.05) is 11.6 Å². The Bertz CT molecular complexity index is 540. The highest BCUT2D eigenvalue weighted by atomic mass is 35.5. The van der Waals surface area contributed by atoms with E-state index in [0.29, 0.717) is 18.2 Å². The standard InChI is InChI=1S/C16H20ClNO2/c1-16(2,3)18-10-15-12(8-9-19-15)11-20-14-6-4-13(17)5-7-14/h4-9,18H,10-11H2,1-3H3. The van der Waals surface area contributed by atoms with Crippen molar-refractivity contribution in [2.75, 3.05) is 0 Å². The monoisotopic (exact) mass is 293 g/mol. The molecule has 2 aromatic rings. The van der Waals surface area contributed by atoms with Crippen LogP contribution < -0.4 is 10.1 Å². The fourth-order valence-corrected chi connectivity index (χ4v) is 1.81. The molecule has 1 N–H and O–H groups in total. The van der Waals surface area contributed by atoms with Gasteiger partial charge in [-0.2, -0.15) is 0 Å². The van der Waals surface area contributed by atoms with Crippen LogP contribution in [0.2, 0.25) is 5.02 Å². The molecule has 0 bridgehead atoms. The highest BCUT2D eigenvalue weighted by molar-refractivity contribution is 6.30. The predicted molar refractivity (Wildman–Crippen MR) is 81.1 cm³/mol. The Kier molecular flexibility index (Phi) is 4.73. The van der Waals surface area contributed by atoms with Gasteiger partial charge in [-0.15, -0.1) is 0 Å². The van der Waals surface area contributed by atoms with E-state index in [9.17, 15) is 0 Å². The molecule has 0 fully saturated rings. The van der Waals surface area contributed by atoms with Crippen LogP contribution in [0, 0.1) is 0 Å². The minimum absolute atomic E-state index is 0.0566. The Labute approximate surface area is 124 Å². The van der Waals surface area contributed by atoms with Gasteiger partial charge in [0.25, 0.3) is 0 Å². The Morgan fingerprint density at radius 3 is 2.50 bits per heavy atom. The van der Waals surface area contributed by atoms with E-state index in [1.807, 2.05) is 30.3 Å². The van der Waals surface area contributed by atoms with Crippen molar-refractivity contribution in [3.05, 3.63) is 52.9 Å². The minimum Gasteiger partial charge on any atom is -0.489 e. The van der Waals surface area contributed by atoms with E-state index >= 15 is 0 Å². The van der Waals surface area contributed by atoms with Crippen LogP contribution >= 0.6 is 11.6 Å². The average molecular weight is 294 g/mol. The minimum atomic E-state index is 0.0566. The Balaban J connectivity index is 1.93. The van der Waals surface area contributed by atoms with Crippen LogP contribution in [0.4, 0.5) is 0 Å². The van der Waals surface area contributed by atoms with E-state index in [1.54, 1.807) is 6.26 Å². The molecule has 0 saturated heterocycles. The summed E-state index contributed by atoms with van der Waals surface area (Å²) in [6, 6.07) is 9.28. The van der Waals surface area contributed by atoms with Crippen molar-refractivity contribution in [2.24, 2.45) is 0 Å². The van der Waals surface area contributed by atoms with Crippen molar-refractivity contribution in [3.8, 4) is 5.75 Å². The molecular weight excluding hydrogens is 274 g/mol. The number of benzene rings is 1. The lowest BCUT2D eigenvalue weighted by atomic mass is 10.1. The van der Waals surface area contributed by atoms with Gasteiger partial charge in [0, 0.05) is 16.1 Å². The fraction of sp³-hybridized carbons (Fsp3) is 0.375. The molecule has 0 spiro atoms. The van der Waals surface area contributed by atoms with Crippen LogP contribution in [0.15, 0.2) is 41.0 Å². The first kappa shape index (κ1) is 14.9. The number of halogens is 1. The van der Waals surface area contributed by atoms with Gasteiger partial charge in [0.1, 0.15) is 18.1 Å². The average Bonchev–Trinajstić information content (AvgIpc) is 2.82. The quantitative estimate of drug-likeness (QED) is 0.887. The molecule has 4 heteroatoms. The molecule has 0 saturated carbocycles. The highest BCUT2D eigenvalue weighted by Crippen LogP contribution is 2.19. The summed E-state index contributed by atoms with van der Waals surface area (Å²) in [5.74, 6) is 1.71. The van der Waals surface area contributed by atoms with Gasteiger partial charge in [0.15, 0.2) is 0 Å². The number of hydrogen-bond donors (Lipinski definition) is 1. The number of nitrogens with one attached hydrogen (secondary N) is 1. The van der Waals surface area contributed by atoms with E-state index in [-0.39, 0.29) is 5.54 Å². The van der Waals surface area contributed by atoms with E-state index in [4.69, 9.17) is 20.8 Å². The molecule has 1 heterocycles. The molecule has 0 aliphatic rings. The molecule has 20 heavy (non-hydrogen) atoms. The Hall–Kier alpha value is -1.45. The third-order valence-electron chi connectivity index (χ3n) is 2.82. The molecule has 1 aromatic carbocycles. The molecule has 0 unspecified atom stereocenters. The van der Waals surface area contributed by atoms with Crippen LogP contribution in [-0.4, -0.2) is 5.54 Å². The molecule has 3 nitrogen and oxygen atoms in total. The van der Waals surface area contributed by atoms with Crippen LogP contribution in [0.3, 0.4) is 0 Å². The van der Waals surface area contributed by atoms with Crippen LogP contribution in [0.25, 0.3) is 0 Å². The second-order valence-electron chi connectivity index (χ2n) is 5.72. The third-order valence-corrected chi connectivity index (χ3v) is 3.08. The maximum atomic E-state index is 5.84. The van der Waals surface area contributed by atoms with Gasteiger partial charge in [0.2, 0.25) is 0 Å². The van der Waals surface area contributed by atoms with Crippen LogP contribution in [-0.2, 0) is 13.2 Å². The number of ether oxygens (including phenoxy) is 1. The molecule has 0 atom stereocenters. The summed E-state index contributed by atoms with van der Waals surface area (Å²) in [7, 11) is 0. The van der Waals surface area contributed by atoms with Gasteiger partial charge in [-0.05, 0) is 51.1 Å². The van der Waals surface area contributed by atoms with Crippen molar-refractivity contribution in [2.45, 2.75) is 39.5 Å². The first-order chi connectivity index (χ1) is 9.44. The lowest BCUT2D eigenvalue weighted by Crippen LogP contribution is -2.35. The number of furan rings is 1.